The van der Waals surface area contributed by atoms with E-state index in [-0.39, 0.29) is 0 Å². The molecule has 2 nitrogen and oxygen atoms in total. The Bertz CT molecular complexity index is 220. The molecule has 3 N–H and O–H groups in total. The molecule has 0 bridgehead atoms. The minimum absolute atomic E-state index is 0.827. The van der Waals surface area contributed by atoms with E-state index < -0.39 is 0 Å². The van der Waals surface area contributed by atoms with Crippen LogP contribution in [0.3, 0.4) is 0 Å². The third-order valence-electron chi connectivity index (χ3n) is 1.50. The molecule has 0 heterocycles. The van der Waals surface area contributed by atoms with Crippen molar-refractivity contribution in [2.75, 3.05) is 25.1 Å². The van der Waals surface area contributed by atoms with Crippen molar-refractivity contribution in [3.8, 4) is 0 Å². The van der Waals surface area contributed by atoms with Crippen molar-refractivity contribution in [1.82, 2.24) is 5.32 Å². The van der Waals surface area contributed by atoms with Gasteiger partial charge in [0.25, 0.3) is 0 Å². The summed E-state index contributed by atoms with van der Waals surface area (Å²) >= 11 is 1.84. The largest absolute Gasteiger partial charge is 0.399 e. The van der Waals surface area contributed by atoms with Crippen LogP contribution in [0.4, 0.5) is 5.69 Å². The van der Waals surface area contributed by atoms with E-state index in [1.54, 1.807) is 0 Å². The molecule has 1 rings (SSSR count). The fourth-order valence-electron chi connectivity index (χ4n) is 0.835. The molecule has 1 aromatic carbocycles. The fourth-order valence-corrected chi connectivity index (χ4v) is 1.71. The van der Waals surface area contributed by atoms with Crippen molar-refractivity contribution in [2.24, 2.45) is 0 Å². The number of anilines is 1. The molecule has 0 aliphatic heterocycles. The van der Waals surface area contributed by atoms with E-state index in [1.165, 1.54) is 4.90 Å². The Hall–Kier alpha value is -0.670. The molecule has 0 fully saturated rings. The van der Waals surface area contributed by atoms with Gasteiger partial charge in [-0.15, -0.1) is 11.8 Å². The molecule has 12 heavy (non-hydrogen) atoms. The quantitative estimate of drug-likeness (QED) is 0.422. The lowest BCUT2D eigenvalue weighted by Crippen LogP contribution is -2.09. The summed E-state index contributed by atoms with van der Waals surface area (Å²) in [6.45, 7) is 1.04. The van der Waals surface area contributed by atoms with E-state index in [0.29, 0.717) is 0 Å². The zero-order valence-corrected chi connectivity index (χ0v) is 8.03. The van der Waals surface area contributed by atoms with Gasteiger partial charge in [-0.3, -0.25) is 0 Å². The molecule has 66 valence electrons. The SMILES string of the molecule is CNCCSc1ccc(N)cc1. The molecule has 0 saturated carbocycles. The van der Waals surface area contributed by atoms with Gasteiger partial charge in [-0.2, -0.15) is 0 Å². The van der Waals surface area contributed by atoms with E-state index in [9.17, 15) is 0 Å². The summed E-state index contributed by atoms with van der Waals surface area (Å²) in [5, 5.41) is 3.10. The van der Waals surface area contributed by atoms with Crippen molar-refractivity contribution >= 4 is 17.4 Å². The van der Waals surface area contributed by atoms with Crippen molar-refractivity contribution in [3.05, 3.63) is 24.3 Å². The minimum atomic E-state index is 0.827. The maximum absolute atomic E-state index is 5.56. The number of rotatable bonds is 4. The zero-order chi connectivity index (χ0) is 8.81. The van der Waals surface area contributed by atoms with E-state index in [2.05, 4.69) is 17.4 Å². The number of thioether (sulfide) groups is 1. The van der Waals surface area contributed by atoms with E-state index >= 15 is 0 Å². The lowest BCUT2D eigenvalue weighted by Gasteiger charge is -2.00. The van der Waals surface area contributed by atoms with Crippen LogP contribution in [0.25, 0.3) is 0 Å². The highest BCUT2D eigenvalue weighted by atomic mass is 32.2. The number of nitrogens with two attached hydrogens (primary N) is 1. The second-order valence-electron chi connectivity index (χ2n) is 2.52. The molecule has 1 aromatic rings. The number of hydrogen-bond donors (Lipinski definition) is 2. The highest BCUT2D eigenvalue weighted by Crippen LogP contribution is 2.18. The molecule has 0 unspecified atom stereocenters. The summed E-state index contributed by atoms with van der Waals surface area (Å²) in [6.07, 6.45) is 0. The first-order valence-electron chi connectivity index (χ1n) is 3.96. The Morgan fingerprint density at radius 1 is 1.33 bits per heavy atom. The van der Waals surface area contributed by atoms with Gasteiger partial charge in [-0.1, -0.05) is 0 Å². The maximum atomic E-state index is 5.56. The van der Waals surface area contributed by atoms with Crippen molar-refractivity contribution in [1.29, 1.82) is 0 Å². The van der Waals surface area contributed by atoms with E-state index in [1.807, 2.05) is 30.9 Å². The van der Waals surface area contributed by atoms with Crippen LogP contribution in [0.5, 0.6) is 0 Å². The van der Waals surface area contributed by atoms with Gasteiger partial charge in [0.15, 0.2) is 0 Å². The maximum Gasteiger partial charge on any atom is 0.0314 e. The Morgan fingerprint density at radius 3 is 2.58 bits per heavy atom. The van der Waals surface area contributed by atoms with Gasteiger partial charge in [-0.05, 0) is 31.3 Å². The summed E-state index contributed by atoms with van der Waals surface area (Å²) in [7, 11) is 1.96. The summed E-state index contributed by atoms with van der Waals surface area (Å²) in [5.74, 6) is 1.10. The van der Waals surface area contributed by atoms with Crippen LogP contribution in [-0.2, 0) is 0 Å². The number of nitrogens with one attached hydrogen (secondary N) is 1. The highest BCUT2D eigenvalue weighted by molar-refractivity contribution is 7.99. The van der Waals surface area contributed by atoms with Crippen LogP contribution in [-0.4, -0.2) is 19.3 Å². The molecular weight excluding hydrogens is 168 g/mol. The number of nitrogen functional groups attached to an aromatic ring is 1. The summed E-state index contributed by atoms with van der Waals surface area (Å²) in [6, 6.07) is 7.97. The van der Waals surface area contributed by atoms with Gasteiger partial charge in [0.2, 0.25) is 0 Å². The van der Waals surface area contributed by atoms with Gasteiger partial charge in [0, 0.05) is 22.9 Å². The Labute approximate surface area is 77.5 Å². The van der Waals surface area contributed by atoms with Crippen LogP contribution in [0, 0.1) is 0 Å². The van der Waals surface area contributed by atoms with Crippen molar-refractivity contribution < 1.29 is 0 Å². The van der Waals surface area contributed by atoms with Crippen LogP contribution in [0.15, 0.2) is 29.2 Å². The normalized spacial score (nSPS) is 10.1. The molecule has 3 heteroatoms. The third-order valence-corrected chi connectivity index (χ3v) is 2.51. The van der Waals surface area contributed by atoms with Crippen LogP contribution in [0.1, 0.15) is 0 Å². The molecule has 0 spiro atoms. The predicted octanol–water partition coefficient (Wildman–Crippen LogP) is 1.58. The zero-order valence-electron chi connectivity index (χ0n) is 7.21. The monoisotopic (exact) mass is 182 g/mol. The second-order valence-corrected chi connectivity index (χ2v) is 3.69. The highest BCUT2D eigenvalue weighted by Gasteiger charge is 1.91. The van der Waals surface area contributed by atoms with Crippen LogP contribution < -0.4 is 11.1 Å². The topological polar surface area (TPSA) is 38.0 Å². The summed E-state index contributed by atoms with van der Waals surface area (Å²) in [5.41, 5.74) is 6.39. The van der Waals surface area contributed by atoms with E-state index in [4.69, 9.17) is 5.73 Å². The predicted molar refractivity (Wildman–Crippen MR) is 55.5 cm³/mol. The average Bonchev–Trinajstić information content (AvgIpc) is 2.09. The second kappa shape index (κ2) is 5.06. The van der Waals surface area contributed by atoms with Gasteiger partial charge in [0.1, 0.15) is 0 Å². The van der Waals surface area contributed by atoms with Crippen LogP contribution in [0.2, 0.25) is 0 Å². The third kappa shape index (κ3) is 3.15. The number of benzene rings is 1. The van der Waals surface area contributed by atoms with E-state index in [0.717, 1.165) is 18.0 Å². The van der Waals surface area contributed by atoms with Gasteiger partial charge in [-0.25, -0.2) is 0 Å². The van der Waals surface area contributed by atoms with Crippen molar-refractivity contribution in [2.45, 2.75) is 4.90 Å². The minimum Gasteiger partial charge on any atom is -0.399 e. The van der Waals surface area contributed by atoms with Gasteiger partial charge < -0.3 is 11.1 Å². The molecule has 0 atom stereocenters. The molecular formula is C9H14N2S. The average molecular weight is 182 g/mol. The lowest BCUT2D eigenvalue weighted by molar-refractivity contribution is 0.872. The molecule has 0 aromatic heterocycles. The lowest BCUT2D eigenvalue weighted by atomic mass is 10.3. The Kier molecular flexibility index (Phi) is 3.97. The summed E-state index contributed by atoms with van der Waals surface area (Å²) < 4.78 is 0. The molecule has 0 aliphatic carbocycles. The smallest absolute Gasteiger partial charge is 0.0314 e. The summed E-state index contributed by atoms with van der Waals surface area (Å²) in [4.78, 5) is 1.28. The Morgan fingerprint density at radius 2 is 2.00 bits per heavy atom. The Balaban J connectivity index is 2.37. The first-order valence-corrected chi connectivity index (χ1v) is 4.94. The van der Waals surface area contributed by atoms with Gasteiger partial charge >= 0.3 is 0 Å². The molecule has 0 saturated heterocycles. The first-order chi connectivity index (χ1) is 5.83. The fraction of sp³-hybridized carbons (Fsp3) is 0.333. The van der Waals surface area contributed by atoms with Gasteiger partial charge in [0.05, 0.1) is 0 Å². The number of hydrogen-bond acceptors (Lipinski definition) is 3. The molecule has 0 radical (unpaired) electrons. The van der Waals surface area contributed by atoms with Crippen molar-refractivity contribution in [3.63, 3.8) is 0 Å². The molecule has 0 aliphatic rings. The van der Waals surface area contributed by atoms with Crippen LogP contribution >= 0.6 is 11.8 Å². The standard InChI is InChI=1S/C9H14N2S/c1-11-6-7-12-9-4-2-8(10)3-5-9/h2-5,11H,6-7,10H2,1H3. The first kappa shape index (κ1) is 9.42. The molecule has 0 amide bonds.